The molecule has 0 spiro atoms. The summed E-state index contributed by atoms with van der Waals surface area (Å²) in [6, 6.07) is 9.78. The highest BCUT2D eigenvalue weighted by Crippen LogP contribution is 2.22. The van der Waals surface area contributed by atoms with Crippen LogP contribution >= 0.6 is 11.5 Å². The van der Waals surface area contributed by atoms with E-state index in [0.717, 1.165) is 46.7 Å². The molecule has 0 aliphatic rings. The van der Waals surface area contributed by atoms with Crippen LogP contribution < -0.4 is 10.1 Å². The van der Waals surface area contributed by atoms with E-state index in [0.29, 0.717) is 24.4 Å². The number of nitrogens with one attached hydrogen (secondary N) is 1. The topological polar surface area (TPSA) is 77.0 Å². The second-order valence-electron chi connectivity index (χ2n) is 5.59. The van der Waals surface area contributed by atoms with E-state index >= 15 is 0 Å². The zero-order chi connectivity index (χ0) is 17.5. The highest BCUT2D eigenvalue weighted by Gasteiger charge is 2.14. The number of aryl methyl sites for hydroxylation is 1. The van der Waals surface area contributed by atoms with Crippen molar-refractivity contribution in [1.29, 1.82) is 0 Å². The molecule has 0 aliphatic carbocycles. The normalized spacial score (nSPS) is 10.8. The van der Waals surface area contributed by atoms with Gasteiger partial charge < -0.3 is 10.1 Å². The molecular weight excluding hydrogens is 336 g/mol. The number of nitrogens with zero attached hydrogens (tertiary/aromatic N) is 3. The lowest BCUT2D eigenvalue weighted by Gasteiger charge is -2.09. The van der Waals surface area contributed by atoms with Gasteiger partial charge in [0, 0.05) is 18.1 Å². The summed E-state index contributed by atoms with van der Waals surface area (Å²) in [4.78, 5) is 17.2. The number of carbonyl (C=O) groups is 1. The number of ether oxygens (including phenoxy) is 1. The molecule has 3 rings (SSSR count). The van der Waals surface area contributed by atoms with Gasteiger partial charge in [0.15, 0.2) is 0 Å². The molecule has 0 saturated carbocycles. The molecule has 3 aromatic rings. The number of pyridine rings is 1. The van der Waals surface area contributed by atoms with Crippen molar-refractivity contribution in [2.24, 2.45) is 0 Å². The Hall–Kier alpha value is -2.54. The largest absolute Gasteiger partial charge is 0.491 e. The van der Waals surface area contributed by atoms with Gasteiger partial charge in [0.25, 0.3) is 5.91 Å². The lowest BCUT2D eigenvalue weighted by Crippen LogP contribution is -2.25. The smallest absolute Gasteiger partial charge is 0.264 e. The number of benzene rings is 1. The Morgan fingerprint density at radius 2 is 2.16 bits per heavy atom. The van der Waals surface area contributed by atoms with Gasteiger partial charge in [-0.2, -0.15) is 0 Å². The van der Waals surface area contributed by atoms with Crippen molar-refractivity contribution in [1.82, 2.24) is 19.9 Å². The van der Waals surface area contributed by atoms with Gasteiger partial charge in [-0.1, -0.05) is 36.0 Å². The summed E-state index contributed by atoms with van der Waals surface area (Å²) in [6.45, 7) is 3.11. The Balaban J connectivity index is 1.47. The van der Waals surface area contributed by atoms with Crippen LogP contribution in [-0.2, 0) is 6.42 Å². The Morgan fingerprint density at radius 3 is 3.04 bits per heavy atom. The second kappa shape index (κ2) is 8.53. The predicted molar refractivity (Wildman–Crippen MR) is 98.1 cm³/mol. The van der Waals surface area contributed by atoms with Gasteiger partial charge in [0.1, 0.15) is 16.1 Å². The van der Waals surface area contributed by atoms with Crippen LogP contribution in [0.4, 0.5) is 0 Å². The third-order valence-electron chi connectivity index (χ3n) is 3.71. The first-order valence-corrected chi connectivity index (χ1v) is 9.13. The second-order valence-corrected chi connectivity index (χ2v) is 6.34. The molecule has 7 heteroatoms. The maximum absolute atomic E-state index is 12.2. The quantitative estimate of drug-likeness (QED) is 0.627. The van der Waals surface area contributed by atoms with Crippen molar-refractivity contribution in [2.75, 3.05) is 13.2 Å². The molecule has 2 heterocycles. The molecule has 25 heavy (non-hydrogen) atoms. The summed E-state index contributed by atoms with van der Waals surface area (Å²) in [5.74, 6) is 0.659. The molecule has 0 saturated heterocycles. The molecule has 0 aliphatic heterocycles. The molecule has 0 fully saturated rings. The SMILES string of the molecule is CCCc1nnsc1C(=O)NCCCOc1cccc2cccnc12. The average molecular weight is 356 g/mol. The van der Waals surface area contributed by atoms with Crippen LogP contribution in [-0.4, -0.2) is 33.6 Å². The maximum atomic E-state index is 12.2. The monoisotopic (exact) mass is 356 g/mol. The molecule has 2 aromatic heterocycles. The number of fused-ring (bicyclic) bond motifs is 1. The van der Waals surface area contributed by atoms with E-state index in [1.165, 1.54) is 0 Å². The molecule has 6 nitrogen and oxygen atoms in total. The van der Waals surface area contributed by atoms with Crippen LogP contribution in [0, 0.1) is 0 Å². The van der Waals surface area contributed by atoms with Crippen molar-refractivity contribution in [3.8, 4) is 5.75 Å². The zero-order valence-electron chi connectivity index (χ0n) is 14.1. The first-order chi connectivity index (χ1) is 12.3. The molecular formula is C18H20N4O2S. The summed E-state index contributed by atoms with van der Waals surface area (Å²) in [5.41, 5.74) is 1.64. The van der Waals surface area contributed by atoms with Crippen LogP contribution in [0.5, 0.6) is 5.75 Å². The van der Waals surface area contributed by atoms with Gasteiger partial charge in [-0.25, -0.2) is 0 Å². The number of para-hydroxylation sites is 1. The summed E-state index contributed by atoms with van der Waals surface area (Å²) in [6.07, 6.45) is 4.19. The highest BCUT2D eigenvalue weighted by molar-refractivity contribution is 7.08. The van der Waals surface area contributed by atoms with E-state index in [1.54, 1.807) is 6.20 Å². The van der Waals surface area contributed by atoms with Crippen LogP contribution in [0.25, 0.3) is 10.9 Å². The van der Waals surface area contributed by atoms with Crippen molar-refractivity contribution in [2.45, 2.75) is 26.2 Å². The van der Waals surface area contributed by atoms with Crippen molar-refractivity contribution < 1.29 is 9.53 Å². The Morgan fingerprint density at radius 1 is 1.28 bits per heavy atom. The number of hydrogen-bond acceptors (Lipinski definition) is 6. The van der Waals surface area contributed by atoms with E-state index in [2.05, 4.69) is 26.8 Å². The average Bonchev–Trinajstić information content (AvgIpc) is 3.10. The third kappa shape index (κ3) is 4.30. The molecule has 0 radical (unpaired) electrons. The molecule has 1 N–H and O–H groups in total. The third-order valence-corrected chi connectivity index (χ3v) is 4.48. The van der Waals surface area contributed by atoms with Gasteiger partial charge in [-0.05, 0) is 36.5 Å². The summed E-state index contributed by atoms with van der Waals surface area (Å²) < 4.78 is 9.69. The molecule has 130 valence electrons. The zero-order valence-corrected chi connectivity index (χ0v) is 14.9. The van der Waals surface area contributed by atoms with E-state index < -0.39 is 0 Å². The minimum Gasteiger partial charge on any atom is -0.491 e. The number of carbonyl (C=O) groups excluding carboxylic acids is 1. The number of aromatic nitrogens is 3. The lowest BCUT2D eigenvalue weighted by atomic mass is 10.2. The maximum Gasteiger partial charge on any atom is 0.264 e. The number of amides is 1. The summed E-state index contributed by atoms with van der Waals surface area (Å²) in [7, 11) is 0. The van der Waals surface area contributed by atoms with Crippen LogP contribution in [0.15, 0.2) is 36.5 Å². The van der Waals surface area contributed by atoms with Crippen LogP contribution in [0.1, 0.15) is 35.1 Å². The van der Waals surface area contributed by atoms with Crippen molar-refractivity contribution in [3.63, 3.8) is 0 Å². The number of rotatable bonds is 8. The standard InChI is InChI=1S/C18H20N4O2S/c1-2-6-14-17(25-22-21-14)18(23)20-11-5-12-24-15-9-3-7-13-8-4-10-19-16(13)15/h3-4,7-10H,2,5-6,11-12H2,1H3,(H,20,23). The highest BCUT2D eigenvalue weighted by atomic mass is 32.1. The van der Waals surface area contributed by atoms with Gasteiger partial charge in [-0.3, -0.25) is 9.78 Å². The van der Waals surface area contributed by atoms with Gasteiger partial charge >= 0.3 is 0 Å². The lowest BCUT2D eigenvalue weighted by molar-refractivity contribution is 0.0954. The van der Waals surface area contributed by atoms with Gasteiger partial charge in [0.2, 0.25) is 0 Å². The fourth-order valence-electron chi connectivity index (χ4n) is 2.51. The first kappa shape index (κ1) is 17.3. The molecule has 0 atom stereocenters. The first-order valence-electron chi connectivity index (χ1n) is 8.35. The van der Waals surface area contributed by atoms with E-state index in [4.69, 9.17) is 4.74 Å². The molecule has 1 aromatic carbocycles. The molecule has 0 unspecified atom stereocenters. The van der Waals surface area contributed by atoms with Crippen molar-refractivity contribution >= 4 is 28.3 Å². The molecule has 1 amide bonds. The van der Waals surface area contributed by atoms with Crippen molar-refractivity contribution in [3.05, 3.63) is 47.1 Å². The molecule has 0 bridgehead atoms. The minimum absolute atomic E-state index is 0.106. The van der Waals surface area contributed by atoms with Crippen LogP contribution in [0.3, 0.4) is 0 Å². The van der Waals surface area contributed by atoms with Gasteiger partial charge in [-0.15, -0.1) is 5.10 Å². The summed E-state index contributed by atoms with van der Waals surface area (Å²) >= 11 is 1.15. The van der Waals surface area contributed by atoms with E-state index in [9.17, 15) is 4.79 Å². The Kier molecular flexibility index (Phi) is 5.90. The Labute approximate surface area is 150 Å². The minimum atomic E-state index is -0.106. The fraction of sp³-hybridized carbons (Fsp3) is 0.333. The Bertz CT molecular complexity index is 844. The fourth-order valence-corrected chi connectivity index (χ4v) is 3.14. The summed E-state index contributed by atoms with van der Waals surface area (Å²) in [5, 5.41) is 7.97. The van der Waals surface area contributed by atoms with E-state index in [1.807, 2.05) is 30.3 Å². The van der Waals surface area contributed by atoms with Gasteiger partial charge in [0.05, 0.1) is 12.3 Å². The predicted octanol–water partition coefficient (Wildman–Crippen LogP) is 3.24. The van der Waals surface area contributed by atoms with E-state index in [-0.39, 0.29) is 5.91 Å². The number of hydrogen-bond donors (Lipinski definition) is 1. The van der Waals surface area contributed by atoms with Crippen LogP contribution in [0.2, 0.25) is 0 Å².